The minimum atomic E-state index is -0.319. The van der Waals surface area contributed by atoms with Crippen molar-refractivity contribution in [2.24, 2.45) is 0 Å². The molecule has 0 saturated carbocycles. The highest BCUT2D eigenvalue weighted by Gasteiger charge is 2.31. The zero-order valence-electron chi connectivity index (χ0n) is 23.7. The van der Waals surface area contributed by atoms with Gasteiger partial charge in [0, 0.05) is 41.5 Å². The van der Waals surface area contributed by atoms with Crippen LogP contribution in [0.15, 0.2) is 24.3 Å². The number of halogens is 1. The number of hydrogen-bond acceptors (Lipinski definition) is 5. The summed E-state index contributed by atoms with van der Waals surface area (Å²) >= 11 is 0. The number of phenols is 1. The lowest BCUT2D eigenvalue weighted by molar-refractivity contribution is 0.0962. The van der Waals surface area contributed by atoms with Crippen LogP contribution in [0.3, 0.4) is 0 Å². The van der Waals surface area contributed by atoms with Crippen molar-refractivity contribution in [2.75, 3.05) is 20.3 Å². The Morgan fingerprint density at radius 2 is 1.62 bits per heavy atom. The molecule has 7 heteroatoms. The highest BCUT2D eigenvalue weighted by atomic mass is 79.9. The number of methoxy groups -OCH3 is 1. The molecule has 2 aromatic rings. The maximum atomic E-state index is 13.5. The number of carbonyl (C=O) groups excluding carboxylic acids is 1. The van der Waals surface area contributed by atoms with Crippen molar-refractivity contribution in [3.8, 4) is 11.5 Å². The zero-order valence-corrected chi connectivity index (χ0v) is 25.5. The molecule has 1 heterocycles. The molecule has 1 atom stereocenters. The topological polar surface area (TPSA) is 82.9 Å². The maximum Gasteiger partial charge on any atom is 0.182 e. The molecule has 0 radical (unpaired) electrons. The van der Waals surface area contributed by atoms with E-state index in [2.05, 4.69) is 6.92 Å². The first-order valence-electron chi connectivity index (χ1n) is 12.8. The molecule has 0 bridgehead atoms. The highest BCUT2D eigenvalue weighted by molar-refractivity contribution is 8.93. The van der Waals surface area contributed by atoms with Crippen LogP contribution in [0.1, 0.15) is 106 Å². The molecule has 204 valence electrons. The van der Waals surface area contributed by atoms with Gasteiger partial charge >= 0.3 is 0 Å². The van der Waals surface area contributed by atoms with E-state index in [1.807, 2.05) is 72.7 Å². The predicted molar refractivity (Wildman–Crippen MR) is 155 cm³/mol. The molecular weight excluding hydrogens is 532 g/mol. The minimum Gasteiger partial charge on any atom is -0.507 e. The largest absolute Gasteiger partial charge is 0.507 e. The second-order valence-corrected chi connectivity index (χ2v) is 11.7. The van der Waals surface area contributed by atoms with Crippen molar-refractivity contribution in [1.29, 1.82) is 5.41 Å². The third-order valence-corrected chi connectivity index (χ3v) is 6.85. The Morgan fingerprint density at radius 1 is 1.05 bits per heavy atom. The third kappa shape index (κ3) is 6.37. The standard InChI is InChI=1S/C30H42N2O4.BrH/c1-10-25(35-9)21-15-20-19(14-26(21)36-11-2)16-32(28(20)31)17-24(33)18-12-22(29(3,4)5)27(34)23(13-18)30(6,7)8;/h12-15,25,31,34H,10-11,16-17H2,1-9H3;1H. The van der Waals surface area contributed by atoms with Gasteiger partial charge in [0.05, 0.1) is 19.3 Å². The number of nitrogens with zero attached hydrogens (tertiary/aromatic N) is 1. The fraction of sp³-hybridized carbons (Fsp3) is 0.533. The number of phenolic OH excluding ortho intramolecular Hbond substituents is 1. The summed E-state index contributed by atoms with van der Waals surface area (Å²) in [4.78, 5) is 15.3. The quantitative estimate of drug-likeness (QED) is 0.329. The van der Waals surface area contributed by atoms with Crippen molar-refractivity contribution >= 4 is 28.6 Å². The molecular formula is C30H43BrN2O4. The fourth-order valence-corrected chi connectivity index (χ4v) is 4.83. The molecule has 0 saturated heterocycles. The van der Waals surface area contributed by atoms with E-state index in [0.717, 1.165) is 40.0 Å². The Kier molecular flexibility index (Phi) is 9.64. The van der Waals surface area contributed by atoms with Gasteiger partial charge in [0.15, 0.2) is 5.78 Å². The van der Waals surface area contributed by atoms with Crippen LogP contribution in [0.2, 0.25) is 0 Å². The lowest BCUT2D eigenvalue weighted by Gasteiger charge is -2.28. The summed E-state index contributed by atoms with van der Waals surface area (Å²) in [7, 11) is 1.68. The molecule has 2 N–H and O–H groups in total. The molecule has 1 aliphatic heterocycles. The molecule has 0 aliphatic carbocycles. The van der Waals surface area contributed by atoms with Gasteiger partial charge in [-0.15, -0.1) is 17.0 Å². The van der Waals surface area contributed by atoms with E-state index in [0.29, 0.717) is 24.6 Å². The van der Waals surface area contributed by atoms with Crippen LogP contribution in [0.4, 0.5) is 0 Å². The molecule has 37 heavy (non-hydrogen) atoms. The average Bonchev–Trinajstić information content (AvgIpc) is 3.07. The molecule has 0 amide bonds. The Labute approximate surface area is 232 Å². The van der Waals surface area contributed by atoms with E-state index in [9.17, 15) is 9.90 Å². The molecule has 0 spiro atoms. The number of nitrogens with one attached hydrogen (secondary N) is 1. The van der Waals surface area contributed by atoms with Gasteiger partial charge in [0.1, 0.15) is 17.3 Å². The zero-order chi connectivity index (χ0) is 27.0. The minimum absolute atomic E-state index is 0. The van der Waals surface area contributed by atoms with Crippen LogP contribution in [-0.4, -0.2) is 41.9 Å². The Bertz CT molecular complexity index is 1120. The summed E-state index contributed by atoms with van der Waals surface area (Å²) < 4.78 is 11.6. The van der Waals surface area contributed by atoms with Crippen molar-refractivity contribution < 1.29 is 19.4 Å². The summed E-state index contributed by atoms with van der Waals surface area (Å²) in [5.41, 5.74) is 4.16. The number of aromatic hydroxyl groups is 1. The van der Waals surface area contributed by atoms with Crippen LogP contribution >= 0.6 is 17.0 Å². The number of hydrogen-bond donors (Lipinski definition) is 2. The average molecular weight is 576 g/mol. The van der Waals surface area contributed by atoms with E-state index in [-0.39, 0.29) is 52.0 Å². The summed E-state index contributed by atoms with van der Waals surface area (Å²) in [5, 5.41) is 19.9. The summed E-state index contributed by atoms with van der Waals surface area (Å²) in [5.74, 6) is 1.29. The van der Waals surface area contributed by atoms with Crippen molar-refractivity contribution in [1.82, 2.24) is 4.90 Å². The molecule has 1 unspecified atom stereocenters. The van der Waals surface area contributed by atoms with E-state index < -0.39 is 0 Å². The highest BCUT2D eigenvalue weighted by Crippen LogP contribution is 2.40. The second-order valence-electron chi connectivity index (χ2n) is 11.7. The first-order chi connectivity index (χ1) is 16.7. The van der Waals surface area contributed by atoms with Crippen molar-refractivity contribution in [3.63, 3.8) is 0 Å². The van der Waals surface area contributed by atoms with Gasteiger partial charge < -0.3 is 19.5 Å². The van der Waals surface area contributed by atoms with E-state index in [4.69, 9.17) is 14.9 Å². The van der Waals surface area contributed by atoms with Gasteiger partial charge in [-0.25, -0.2) is 0 Å². The predicted octanol–water partition coefficient (Wildman–Crippen LogP) is 7.09. The van der Waals surface area contributed by atoms with Crippen LogP contribution in [-0.2, 0) is 22.1 Å². The van der Waals surface area contributed by atoms with Gasteiger partial charge in [-0.05, 0) is 54.0 Å². The van der Waals surface area contributed by atoms with Gasteiger partial charge in [-0.2, -0.15) is 0 Å². The first-order valence-corrected chi connectivity index (χ1v) is 12.8. The van der Waals surface area contributed by atoms with E-state index in [1.54, 1.807) is 12.0 Å². The van der Waals surface area contributed by atoms with Crippen LogP contribution in [0.5, 0.6) is 11.5 Å². The normalized spacial score (nSPS) is 14.3. The Hall–Kier alpha value is -2.38. The first kappa shape index (κ1) is 30.8. The van der Waals surface area contributed by atoms with E-state index >= 15 is 0 Å². The number of fused-ring (bicyclic) bond motifs is 1. The van der Waals surface area contributed by atoms with Crippen molar-refractivity contribution in [2.45, 2.75) is 85.3 Å². The lowest BCUT2D eigenvalue weighted by Crippen LogP contribution is -2.30. The number of ketones is 1. The smallest absolute Gasteiger partial charge is 0.182 e. The summed E-state index contributed by atoms with van der Waals surface area (Å²) in [6.07, 6.45) is 0.668. The molecule has 1 aliphatic rings. The molecule has 3 rings (SSSR count). The summed E-state index contributed by atoms with van der Waals surface area (Å²) in [6.45, 7) is 17.3. The van der Waals surface area contributed by atoms with Crippen LogP contribution in [0, 0.1) is 5.41 Å². The van der Waals surface area contributed by atoms with Crippen molar-refractivity contribution in [3.05, 3.63) is 57.6 Å². The number of ether oxygens (including phenoxy) is 2. The van der Waals surface area contributed by atoms with Gasteiger partial charge in [-0.1, -0.05) is 48.5 Å². The Balaban J connectivity index is 0.00000481. The molecule has 6 nitrogen and oxygen atoms in total. The fourth-order valence-electron chi connectivity index (χ4n) is 4.83. The Morgan fingerprint density at radius 3 is 2.08 bits per heavy atom. The second kappa shape index (κ2) is 11.6. The number of rotatable bonds is 8. The molecule has 0 aromatic heterocycles. The lowest BCUT2D eigenvalue weighted by atomic mass is 9.78. The third-order valence-electron chi connectivity index (χ3n) is 6.85. The van der Waals surface area contributed by atoms with Gasteiger partial charge in [-0.3, -0.25) is 10.2 Å². The van der Waals surface area contributed by atoms with Crippen LogP contribution in [0.25, 0.3) is 0 Å². The number of carbonyl (C=O) groups is 1. The SMILES string of the molecule is Br.CCOc1cc2c(cc1C(CC)OC)C(=N)N(CC(=O)c1cc(C(C)(C)C)c(O)c(C(C)(C)C)c1)C2. The number of Topliss-reactive ketones (excluding diaryl/α,β-unsaturated/α-hetero) is 1. The van der Waals surface area contributed by atoms with Crippen LogP contribution < -0.4 is 4.74 Å². The van der Waals surface area contributed by atoms with Gasteiger partial charge in [0.2, 0.25) is 0 Å². The number of benzene rings is 2. The molecule has 0 fully saturated rings. The summed E-state index contributed by atoms with van der Waals surface area (Å²) in [6, 6.07) is 7.61. The number of amidine groups is 1. The maximum absolute atomic E-state index is 13.5. The molecule has 2 aromatic carbocycles. The van der Waals surface area contributed by atoms with E-state index in [1.165, 1.54) is 0 Å². The van der Waals surface area contributed by atoms with Gasteiger partial charge in [0.25, 0.3) is 0 Å². The monoisotopic (exact) mass is 574 g/mol.